The number of nitrogens with one attached hydrogen (secondary N) is 1. The normalized spacial score (nSPS) is 18.5. The summed E-state index contributed by atoms with van der Waals surface area (Å²) >= 11 is 0. The summed E-state index contributed by atoms with van der Waals surface area (Å²) in [6.07, 6.45) is 7.42. The minimum atomic E-state index is -0.0410. The van der Waals surface area contributed by atoms with Gasteiger partial charge < -0.3 is 10.2 Å². The van der Waals surface area contributed by atoms with E-state index in [-0.39, 0.29) is 11.8 Å². The fourth-order valence-corrected chi connectivity index (χ4v) is 2.48. The van der Waals surface area contributed by atoms with Crippen LogP contribution in [-0.4, -0.2) is 24.9 Å². The lowest BCUT2D eigenvalue weighted by molar-refractivity contribution is -0.117. The van der Waals surface area contributed by atoms with E-state index in [2.05, 4.69) is 5.32 Å². The van der Waals surface area contributed by atoms with Gasteiger partial charge >= 0.3 is 0 Å². The van der Waals surface area contributed by atoms with E-state index in [0.717, 1.165) is 30.8 Å². The molecule has 1 heterocycles. The molecule has 21 heavy (non-hydrogen) atoms. The Morgan fingerprint density at radius 2 is 2.05 bits per heavy atom. The zero-order valence-corrected chi connectivity index (χ0v) is 12.0. The molecule has 0 aromatic heterocycles. The molecule has 2 amide bonds. The standard InChI is InChI=1S/C17H20N2O2/c20-16(18-12-14-3-4-14)10-7-13-5-8-15(9-6-13)19-11-1-2-17(19)21/h5-10,14H,1-4,11-12H2,(H,18,20)/b10-7+. The van der Waals surface area contributed by atoms with Crippen LogP contribution >= 0.6 is 0 Å². The lowest BCUT2D eigenvalue weighted by Gasteiger charge is -2.15. The number of hydrogen-bond donors (Lipinski definition) is 1. The molecular formula is C17H20N2O2. The zero-order chi connectivity index (χ0) is 14.7. The second-order valence-corrected chi connectivity index (χ2v) is 5.76. The molecule has 0 unspecified atom stereocenters. The Bertz CT molecular complexity index is 559. The van der Waals surface area contributed by atoms with Crippen LogP contribution in [0.5, 0.6) is 0 Å². The summed E-state index contributed by atoms with van der Waals surface area (Å²) in [5.74, 6) is 0.845. The molecule has 2 fully saturated rings. The fourth-order valence-electron chi connectivity index (χ4n) is 2.48. The Hall–Kier alpha value is -2.10. The third kappa shape index (κ3) is 3.72. The van der Waals surface area contributed by atoms with E-state index in [0.29, 0.717) is 12.3 Å². The molecule has 1 aromatic rings. The Morgan fingerprint density at radius 1 is 1.29 bits per heavy atom. The van der Waals surface area contributed by atoms with Crippen molar-refractivity contribution < 1.29 is 9.59 Å². The summed E-state index contributed by atoms with van der Waals surface area (Å²) in [4.78, 5) is 25.1. The van der Waals surface area contributed by atoms with Gasteiger partial charge in [0.1, 0.15) is 0 Å². The molecule has 110 valence electrons. The molecule has 0 radical (unpaired) electrons. The van der Waals surface area contributed by atoms with E-state index in [9.17, 15) is 9.59 Å². The van der Waals surface area contributed by atoms with Gasteiger partial charge in [0.2, 0.25) is 11.8 Å². The molecule has 1 aliphatic heterocycles. The van der Waals surface area contributed by atoms with Crippen LogP contribution in [0.2, 0.25) is 0 Å². The number of hydrogen-bond acceptors (Lipinski definition) is 2. The Morgan fingerprint density at radius 3 is 2.67 bits per heavy atom. The van der Waals surface area contributed by atoms with Crippen molar-refractivity contribution in [2.45, 2.75) is 25.7 Å². The molecule has 0 atom stereocenters. The Labute approximate surface area is 124 Å². The van der Waals surface area contributed by atoms with Gasteiger partial charge in [-0.2, -0.15) is 0 Å². The number of anilines is 1. The van der Waals surface area contributed by atoms with E-state index in [1.807, 2.05) is 29.2 Å². The first-order valence-electron chi connectivity index (χ1n) is 7.59. The van der Waals surface area contributed by atoms with Crippen molar-refractivity contribution in [2.24, 2.45) is 5.92 Å². The first-order chi connectivity index (χ1) is 10.2. The van der Waals surface area contributed by atoms with Crippen LogP contribution in [0.1, 0.15) is 31.2 Å². The van der Waals surface area contributed by atoms with Crippen LogP contribution in [0.3, 0.4) is 0 Å². The smallest absolute Gasteiger partial charge is 0.244 e. The maximum atomic E-state index is 11.7. The molecule has 1 aliphatic carbocycles. The molecule has 1 saturated heterocycles. The molecule has 2 aliphatic rings. The summed E-state index contributed by atoms with van der Waals surface area (Å²) in [6.45, 7) is 1.59. The van der Waals surface area contributed by atoms with E-state index in [4.69, 9.17) is 0 Å². The molecule has 0 spiro atoms. The van der Waals surface area contributed by atoms with Gasteiger partial charge in [-0.25, -0.2) is 0 Å². The average molecular weight is 284 g/mol. The molecule has 4 heteroatoms. The van der Waals surface area contributed by atoms with E-state index in [1.165, 1.54) is 12.8 Å². The maximum Gasteiger partial charge on any atom is 0.244 e. The second-order valence-electron chi connectivity index (χ2n) is 5.76. The maximum absolute atomic E-state index is 11.7. The number of carbonyl (C=O) groups is 2. The SMILES string of the molecule is O=C(/C=C/c1ccc(N2CCCC2=O)cc1)NCC1CC1. The van der Waals surface area contributed by atoms with Crippen LogP contribution in [0.4, 0.5) is 5.69 Å². The Kier molecular flexibility index (Phi) is 4.04. The second kappa shape index (κ2) is 6.12. The van der Waals surface area contributed by atoms with Gasteiger partial charge in [-0.05, 0) is 49.0 Å². The van der Waals surface area contributed by atoms with Crippen LogP contribution in [0.25, 0.3) is 6.08 Å². The third-order valence-electron chi connectivity index (χ3n) is 3.97. The van der Waals surface area contributed by atoms with Crippen molar-refractivity contribution in [3.63, 3.8) is 0 Å². The number of amides is 2. The predicted octanol–water partition coefficient (Wildman–Crippen LogP) is 2.35. The third-order valence-corrected chi connectivity index (χ3v) is 3.97. The molecule has 1 aromatic carbocycles. The van der Waals surface area contributed by atoms with Gasteiger partial charge in [0.15, 0.2) is 0 Å². The van der Waals surface area contributed by atoms with Gasteiger partial charge in [0.25, 0.3) is 0 Å². The minimum absolute atomic E-state index is 0.0410. The van der Waals surface area contributed by atoms with Crippen molar-refractivity contribution >= 4 is 23.6 Å². The molecule has 1 saturated carbocycles. The van der Waals surface area contributed by atoms with Crippen molar-refractivity contribution in [3.05, 3.63) is 35.9 Å². The number of rotatable bonds is 5. The van der Waals surface area contributed by atoms with E-state index < -0.39 is 0 Å². The topological polar surface area (TPSA) is 49.4 Å². The van der Waals surface area contributed by atoms with E-state index in [1.54, 1.807) is 12.2 Å². The van der Waals surface area contributed by atoms with Crippen LogP contribution in [0, 0.1) is 5.92 Å². The molecule has 0 bridgehead atoms. The summed E-state index contributed by atoms with van der Waals surface area (Å²) in [7, 11) is 0. The first-order valence-corrected chi connectivity index (χ1v) is 7.59. The number of benzene rings is 1. The van der Waals surface area contributed by atoms with Gasteiger partial charge in [0, 0.05) is 31.3 Å². The highest BCUT2D eigenvalue weighted by Gasteiger charge is 2.21. The molecular weight excluding hydrogens is 264 g/mol. The molecule has 4 nitrogen and oxygen atoms in total. The predicted molar refractivity (Wildman–Crippen MR) is 82.8 cm³/mol. The number of nitrogens with zero attached hydrogens (tertiary/aromatic N) is 1. The zero-order valence-electron chi connectivity index (χ0n) is 12.0. The van der Waals surface area contributed by atoms with Crippen LogP contribution in [-0.2, 0) is 9.59 Å². The van der Waals surface area contributed by atoms with Crippen LogP contribution in [0.15, 0.2) is 30.3 Å². The lowest BCUT2D eigenvalue weighted by atomic mass is 10.2. The summed E-state index contributed by atoms with van der Waals surface area (Å²) in [6, 6.07) is 7.74. The van der Waals surface area contributed by atoms with Gasteiger partial charge in [-0.15, -0.1) is 0 Å². The summed E-state index contributed by atoms with van der Waals surface area (Å²) in [5, 5.41) is 2.90. The summed E-state index contributed by atoms with van der Waals surface area (Å²) in [5.41, 5.74) is 1.90. The molecule has 1 N–H and O–H groups in total. The van der Waals surface area contributed by atoms with Crippen molar-refractivity contribution in [1.82, 2.24) is 5.32 Å². The summed E-state index contributed by atoms with van der Waals surface area (Å²) < 4.78 is 0. The highest BCUT2D eigenvalue weighted by molar-refractivity contribution is 5.95. The Balaban J connectivity index is 1.55. The minimum Gasteiger partial charge on any atom is -0.352 e. The fraction of sp³-hybridized carbons (Fsp3) is 0.412. The van der Waals surface area contributed by atoms with Crippen LogP contribution < -0.4 is 10.2 Å². The lowest BCUT2D eigenvalue weighted by Crippen LogP contribution is -2.23. The molecule has 3 rings (SSSR count). The number of carbonyl (C=O) groups excluding carboxylic acids is 2. The van der Waals surface area contributed by atoms with Gasteiger partial charge in [0.05, 0.1) is 0 Å². The van der Waals surface area contributed by atoms with Gasteiger partial charge in [-0.1, -0.05) is 12.1 Å². The van der Waals surface area contributed by atoms with Crippen molar-refractivity contribution in [1.29, 1.82) is 0 Å². The van der Waals surface area contributed by atoms with E-state index >= 15 is 0 Å². The quantitative estimate of drug-likeness (QED) is 0.844. The van der Waals surface area contributed by atoms with Crippen molar-refractivity contribution in [2.75, 3.05) is 18.0 Å². The first kappa shape index (κ1) is 13.9. The average Bonchev–Trinajstić information content (AvgIpc) is 3.24. The van der Waals surface area contributed by atoms with Crippen molar-refractivity contribution in [3.8, 4) is 0 Å². The highest BCUT2D eigenvalue weighted by atomic mass is 16.2. The monoisotopic (exact) mass is 284 g/mol. The van der Waals surface area contributed by atoms with Gasteiger partial charge in [-0.3, -0.25) is 9.59 Å². The largest absolute Gasteiger partial charge is 0.352 e. The highest BCUT2D eigenvalue weighted by Crippen LogP contribution is 2.27.